The van der Waals surface area contributed by atoms with E-state index >= 15 is 0 Å². The van der Waals surface area contributed by atoms with Crippen LogP contribution in [0.25, 0.3) is 0 Å². The number of aromatic nitrogens is 4. The SMILES string of the molecule is CCn1nccc1C(=O)Nc1cccc(NC(=O)CCn2ccc(C)n2)c1. The summed E-state index contributed by atoms with van der Waals surface area (Å²) in [6.45, 7) is 4.95. The standard InChI is InChI=1S/C19H22N6O2/c1-3-25-17(7-10-20-25)19(27)22-16-6-4-5-15(13-16)21-18(26)9-12-24-11-8-14(2)23-24/h4-8,10-11,13H,3,9,12H2,1-2H3,(H,21,26)(H,22,27). The number of hydrogen-bond acceptors (Lipinski definition) is 4. The maximum absolute atomic E-state index is 12.4. The zero-order valence-electron chi connectivity index (χ0n) is 15.3. The smallest absolute Gasteiger partial charge is 0.273 e. The van der Waals surface area contributed by atoms with Crippen molar-refractivity contribution >= 4 is 23.2 Å². The second-order valence-electron chi connectivity index (χ2n) is 6.09. The predicted molar refractivity (Wildman–Crippen MR) is 103 cm³/mol. The minimum absolute atomic E-state index is 0.115. The van der Waals surface area contributed by atoms with Gasteiger partial charge in [-0.15, -0.1) is 0 Å². The Balaban J connectivity index is 1.58. The molecule has 0 saturated carbocycles. The fraction of sp³-hybridized carbons (Fsp3) is 0.263. The van der Waals surface area contributed by atoms with Gasteiger partial charge in [-0.2, -0.15) is 10.2 Å². The molecule has 2 aromatic heterocycles. The van der Waals surface area contributed by atoms with Crippen molar-refractivity contribution < 1.29 is 9.59 Å². The quantitative estimate of drug-likeness (QED) is 0.672. The van der Waals surface area contributed by atoms with Gasteiger partial charge in [0.25, 0.3) is 5.91 Å². The molecular formula is C19H22N6O2. The summed E-state index contributed by atoms with van der Waals surface area (Å²) < 4.78 is 3.36. The highest BCUT2D eigenvalue weighted by Crippen LogP contribution is 2.16. The van der Waals surface area contributed by atoms with Gasteiger partial charge in [0, 0.05) is 43.3 Å². The molecule has 0 aliphatic heterocycles. The second-order valence-corrected chi connectivity index (χ2v) is 6.09. The fourth-order valence-electron chi connectivity index (χ4n) is 2.67. The molecule has 0 fully saturated rings. The molecule has 2 heterocycles. The predicted octanol–water partition coefficient (Wildman–Crippen LogP) is 2.69. The van der Waals surface area contributed by atoms with E-state index in [4.69, 9.17) is 0 Å². The molecule has 0 unspecified atom stereocenters. The third-order valence-corrected chi connectivity index (χ3v) is 3.99. The molecular weight excluding hydrogens is 344 g/mol. The lowest BCUT2D eigenvalue weighted by molar-refractivity contribution is -0.116. The molecule has 0 bridgehead atoms. The molecule has 140 valence electrons. The largest absolute Gasteiger partial charge is 0.326 e. The van der Waals surface area contributed by atoms with Crippen LogP contribution in [-0.4, -0.2) is 31.4 Å². The number of carbonyl (C=O) groups is 2. The molecule has 3 aromatic rings. The molecule has 0 saturated heterocycles. The van der Waals surface area contributed by atoms with Crippen LogP contribution in [0.1, 0.15) is 29.5 Å². The fourth-order valence-corrected chi connectivity index (χ4v) is 2.67. The first kappa shape index (κ1) is 18.4. The highest BCUT2D eigenvalue weighted by atomic mass is 16.2. The van der Waals surface area contributed by atoms with Gasteiger partial charge >= 0.3 is 0 Å². The lowest BCUT2D eigenvalue weighted by Gasteiger charge is -2.10. The highest BCUT2D eigenvalue weighted by Gasteiger charge is 2.12. The van der Waals surface area contributed by atoms with E-state index in [-0.39, 0.29) is 11.8 Å². The van der Waals surface area contributed by atoms with E-state index < -0.39 is 0 Å². The van der Waals surface area contributed by atoms with Crippen molar-refractivity contribution in [3.8, 4) is 0 Å². The summed E-state index contributed by atoms with van der Waals surface area (Å²) in [6, 6.07) is 10.6. The van der Waals surface area contributed by atoms with Gasteiger partial charge in [0.1, 0.15) is 5.69 Å². The number of aryl methyl sites for hydroxylation is 3. The van der Waals surface area contributed by atoms with Crippen molar-refractivity contribution in [1.29, 1.82) is 0 Å². The van der Waals surface area contributed by atoms with Crippen LogP contribution in [0.2, 0.25) is 0 Å². The zero-order chi connectivity index (χ0) is 19.2. The molecule has 2 amide bonds. The molecule has 2 N–H and O–H groups in total. The molecule has 3 rings (SSSR count). The zero-order valence-corrected chi connectivity index (χ0v) is 15.3. The average molecular weight is 366 g/mol. The lowest BCUT2D eigenvalue weighted by Crippen LogP contribution is -2.18. The molecule has 0 aliphatic rings. The summed E-state index contributed by atoms with van der Waals surface area (Å²) in [7, 11) is 0. The first-order chi connectivity index (χ1) is 13.0. The molecule has 0 radical (unpaired) electrons. The molecule has 0 spiro atoms. The maximum atomic E-state index is 12.4. The van der Waals surface area contributed by atoms with Crippen molar-refractivity contribution in [1.82, 2.24) is 19.6 Å². The molecule has 1 aromatic carbocycles. The number of nitrogens with one attached hydrogen (secondary N) is 2. The normalized spacial score (nSPS) is 10.6. The summed E-state index contributed by atoms with van der Waals surface area (Å²) in [6.07, 6.45) is 3.75. The van der Waals surface area contributed by atoms with E-state index in [1.54, 1.807) is 45.9 Å². The van der Waals surface area contributed by atoms with Crippen LogP contribution in [0.15, 0.2) is 48.8 Å². The minimum atomic E-state index is -0.244. The topological polar surface area (TPSA) is 93.8 Å². The van der Waals surface area contributed by atoms with Crippen molar-refractivity contribution in [2.75, 3.05) is 10.6 Å². The number of rotatable bonds is 7. The van der Waals surface area contributed by atoms with Gasteiger partial charge in [-0.25, -0.2) is 0 Å². The number of benzene rings is 1. The van der Waals surface area contributed by atoms with E-state index in [0.717, 1.165) is 5.69 Å². The maximum Gasteiger partial charge on any atom is 0.273 e. The van der Waals surface area contributed by atoms with Gasteiger partial charge in [-0.3, -0.25) is 19.0 Å². The van der Waals surface area contributed by atoms with E-state index in [1.807, 2.05) is 26.1 Å². The third-order valence-electron chi connectivity index (χ3n) is 3.99. The van der Waals surface area contributed by atoms with Gasteiger partial charge in [0.15, 0.2) is 0 Å². The van der Waals surface area contributed by atoms with Crippen LogP contribution >= 0.6 is 0 Å². The van der Waals surface area contributed by atoms with Crippen molar-refractivity contribution in [3.05, 3.63) is 60.2 Å². The average Bonchev–Trinajstić information content (AvgIpc) is 3.29. The third kappa shape index (κ3) is 4.81. The second kappa shape index (κ2) is 8.31. The number of anilines is 2. The van der Waals surface area contributed by atoms with E-state index in [2.05, 4.69) is 20.8 Å². The van der Waals surface area contributed by atoms with Crippen molar-refractivity contribution in [2.24, 2.45) is 0 Å². The Labute approximate surface area is 157 Å². The van der Waals surface area contributed by atoms with Crippen LogP contribution in [0.4, 0.5) is 11.4 Å². The Hall–Kier alpha value is -3.42. The Morgan fingerprint density at radius 1 is 1.11 bits per heavy atom. The minimum Gasteiger partial charge on any atom is -0.326 e. The summed E-state index contributed by atoms with van der Waals surface area (Å²) in [5.41, 5.74) is 2.63. The lowest BCUT2D eigenvalue weighted by atomic mass is 10.2. The monoisotopic (exact) mass is 366 g/mol. The first-order valence-electron chi connectivity index (χ1n) is 8.78. The summed E-state index contributed by atoms with van der Waals surface area (Å²) in [5.74, 6) is -0.359. The van der Waals surface area contributed by atoms with Gasteiger partial charge in [0.2, 0.25) is 5.91 Å². The summed E-state index contributed by atoms with van der Waals surface area (Å²) >= 11 is 0. The van der Waals surface area contributed by atoms with Crippen LogP contribution in [0, 0.1) is 6.92 Å². The number of hydrogen-bond donors (Lipinski definition) is 2. The molecule has 8 nitrogen and oxygen atoms in total. The number of nitrogens with zero attached hydrogens (tertiary/aromatic N) is 4. The van der Waals surface area contributed by atoms with Crippen LogP contribution < -0.4 is 10.6 Å². The van der Waals surface area contributed by atoms with Crippen LogP contribution in [0.5, 0.6) is 0 Å². The Kier molecular flexibility index (Phi) is 5.65. The number of carbonyl (C=O) groups excluding carboxylic acids is 2. The van der Waals surface area contributed by atoms with Crippen molar-refractivity contribution in [2.45, 2.75) is 33.4 Å². The van der Waals surface area contributed by atoms with Gasteiger partial charge in [0.05, 0.1) is 5.69 Å². The van der Waals surface area contributed by atoms with E-state index in [1.165, 1.54) is 0 Å². The van der Waals surface area contributed by atoms with Crippen molar-refractivity contribution in [3.63, 3.8) is 0 Å². The molecule has 8 heteroatoms. The van der Waals surface area contributed by atoms with E-state index in [9.17, 15) is 9.59 Å². The Bertz CT molecular complexity index is 943. The Morgan fingerprint density at radius 2 is 1.89 bits per heavy atom. The van der Waals surface area contributed by atoms with E-state index in [0.29, 0.717) is 36.6 Å². The van der Waals surface area contributed by atoms with Gasteiger partial charge < -0.3 is 10.6 Å². The molecule has 0 atom stereocenters. The number of amides is 2. The van der Waals surface area contributed by atoms with Gasteiger partial charge in [-0.05, 0) is 44.2 Å². The molecule has 27 heavy (non-hydrogen) atoms. The highest BCUT2D eigenvalue weighted by molar-refractivity contribution is 6.03. The van der Waals surface area contributed by atoms with Crippen LogP contribution in [-0.2, 0) is 17.9 Å². The van der Waals surface area contributed by atoms with Gasteiger partial charge in [-0.1, -0.05) is 6.07 Å². The summed E-state index contributed by atoms with van der Waals surface area (Å²) in [5, 5.41) is 14.0. The first-order valence-corrected chi connectivity index (χ1v) is 8.78. The molecule has 0 aliphatic carbocycles. The van der Waals surface area contributed by atoms with Crippen LogP contribution in [0.3, 0.4) is 0 Å². The summed E-state index contributed by atoms with van der Waals surface area (Å²) in [4.78, 5) is 24.5. The Morgan fingerprint density at radius 3 is 2.59 bits per heavy atom.